The molecule has 2 aromatic carbocycles. The topological polar surface area (TPSA) is 47.3 Å². The maximum Gasteiger partial charge on any atom is 0.221 e. The van der Waals surface area contributed by atoms with Gasteiger partial charge in [0.1, 0.15) is 12.3 Å². The summed E-state index contributed by atoms with van der Waals surface area (Å²) in [6.45, 7) is 5.86. The minimum Gasteiger partial charge on any atom is -0.496 e. The molecule has 0 aliphatic rings. The molecule has 5 nitrogen and oxygen atoms in total. The van der Waals surface area contributed by atoms with Crippen LogP contribution in [0.4, 0.5) is 0 Å². The molecule has 27 heavy (non-hydrogen) atoms. The van der Waals surface area contributed by atoms with Crippen molar-refractivity contribution in [2.45, 2.75) is 27.1 Å². The van der Waals surface area contributed by atoms with Crippen LogP contribution in [0.5, 0.6) is 5.75 Å². The number of rotatable bonds is 6. The summed E-state index contributed by atoms with van der Waals surface area (Å²) >= 11 is 11.6. The molecular weight excluding hydrogens is 380 g/mol. The number of aryl methyl sites for hydroxylation is 2. The molecule has 0 amide bonds. The number of benzene rings is 2. The van der Waals surface area contributed by atoms with Gasteiger partial charge in [-0.25, -0.2) is 4.68 Å². The number of nitrogens with zero attached hydrogens (tertiary/aromatic N) is 2. The number of halogens is 1. The summed E-state index contributed by atoms with van der Waals surface area (Å²) < 4.78 is 7.80. The molecule has 1 unspecified atom stereocenters. The number of aromatic amines is 1. The van der Waals surface area contributed by atoms with Crippen molar-refractivity contribution in [1.29, 1.82) is 0 Å². The van der Waals surface area contributed by atoms with Crippen LogP contribution in [0.15, 0.2) is 36.4 Å². The number of hydrogen-bond acceptors (Lipinski definition) is 3. The smallest absolute Gasteiger partial charge is 0.221 e. The van der Waals surface area contributed by atoms with Gasteiger partial charge in [0.2, 0.25) is 4.77 Å². The van der Waals surface area contributed by atoms with Crippen LogP contribution in [0, 0.1) is 18.6 Å². The van der Waals surface area contributed by atoms with Gasteiger partial charge in [-0.15, -0.1) is 0 Å². The summed E-state index contributed by atoms with van der Waals surface area (Å²) in [5.41, 5.74) is 4.72. The molecule has 7 heteroatoms. The molecule has 0 aliphatic heterocycles. The summed E-state index contributed by atoms with van der Waals surface area (Å²) in [6, 6.07) is 12.0. The Bertz CT molecular complexity index is 1010. The number of nitrogens with one attached hydrogen (secondary N) is 2. The summed E-state index contributed by atoms with van der Waals surface area (Å²) in [7, 11) is 3.77. The zero-order chi connectivity index (χ0) is 19.6. The first-order chi connectivity index (χ1) is 12.9. The van der Waals surface area contributed by atoms with E-state index in [0.29, 0.717) is 28.0 Å². The molecule has 1 atom stereocenters. The predicted octanol–water partition coefficient (Wildman–Crippen LogP) is 3.56. The van der Waals surface area contributed by atoms with E-state index in [2.05, 4.69) is 49.2 Å². The lowest BCUT2D eigenvalue weighted by molar-refractivity contribution is -0.917. The number of ether oxygens (including phenoxy) is 1. The van der Waals surface area contributed by atoms with E-state index < -0.39 is 0 Å². The molecule has 0 fully saturated rings. The van der Waals surface area contributed by atoms with E-state index >= 15 is 0 Å². The second-order valence-corrected chi connectivity index (χ2v) is 7.65. The van der Waals surface area contributed by atoms with Gasteiger partial charge in [-0.2, -0.15) is 4.98 Å². The fourth-order valence-corrected chi connectivity index (χ4v) is 3.52. The van der Waals surface area contributed by atoms with Crippen molar-refractivity contribution in [2.24, 2.45) is 0 Å². The van der Waals surface area contributed by atoms with Crippen molar-refractivity contribution >= 4 is 23.8 Å². The van der Waals surface area contributed by atoms with Gasteiger partial charge < -0.3 is 9.64 Å². The number of methoxy groups -OCH3 is 1. The zero-order valence-corrected chi connectivity index (χ0v) is 17.5. The molecule has 0 spiro atoms. The third kappa shape index (κ3) is 4.58. The lowest BCUT2D eigenvalue weighted by atomic mass is 10.1. The first-order valence-electron chi connectivity index (χ1n) is 8.75. The Hall–Kier alpha value is -2.15. The maximum atomic E-state index is 6.14. The minimum atomic E-state index is 0.506. The number of aromatic nitrogens is 3. The fourth-order valence-electron chi connectivity index (χ4n) is 3.14. The average Bonchev–Trinajstić information content (AvgIpc) is 2.98. The van der Waals surface area contributed by atoms with E-state index in [1.165, 1.54) is 21.6 Å². The van der Waals surface area contributed by atoms with E-state index in [1.54, 1.807) is 13.2 Å². The van der Waals surface area contributed by atoms with Crippen molar-refractivity contribution in [3.05, 3.63) is 62.9 Å². The molecule has 0 radical (unpaired) electrons. The van der Waals surface area contributed by atoms with Gasteiger partial charge in [0.05, 0.1) is 19.7 Å². The Labute approximate surface area is 169 Å². The zero-order valence-electron chi connectivity index (χ0n) is 16.0. The average molecular weight is 404 g/mol. The quantitative estimate of drug-likeness (QED) is 0.618. The van der Waals surface area contributed by atoms with Crippen LogP contribution in [0.1, 0.15) is 16.7 Å². The van der Waals surface area contributed by atoms with E-state index in [1.807, 2.05) is 16.8 Å². The summed E-state index contributed by atoms with van der Waals surface area (Å²) in [4.78, 5) is 5.79. The largest absolute Gasteiger partial charge is 0.496 e. The summed E-state index contributed by atoms with van der Waals surface area (Å²) in [5, 5.41) is 3.90. The Balaban J connectivity index is 1.81. The molecular formula is C20H24ClN4OS+. The molecule has 0 bridgehead atoms. The lowest BCUT2D eigenvalue weighted by Crippen LogP contribution is -3.07. The number of hydrogen-bond donors (Lipinski definition) is 2. The van der Waals surface area contributed by atoms with Crippen LogP contribution < -0.4 is 9.64 Å². The van der Waals surface area contributed by atoms with Gasteiger partial charge >= 0.3 is 0 Å². The van der Waals surface area contributed by atoms with Crippen molar-refractivity contribution in [2.75, 3.05) is 14.2 Å². The normalized spacial score (nSPS) is 12.2. The highest BCUT2D eigenvalue weighted by Crippen LogP contribution is 2.30. The third-order valence-electron chi connectivity index (χ3n) is 4.51. The van der Waals surface area contributed by atoms with Crippen LogP contribution in [0.25, 0.3) is 11.4 Å². The Morgan fingerprint density at radius 2 is 2.00 bits per heavy atom. The summed E-state index contributed by atoms with van der Waals surface area (Å²) in [6.07, 6.45) is 0. The van der Waals surface area contributed by atoms with Crippen LogP contribution in [-0.2, 0) is 13.2 Å². The number of quaternary nitrogens is 1. The van der Waals surface area contributed by atoms with Gasteiger partial charge in [-0.3, -0.25) is 5.10 Å². The highest BCUT2D eigenvalue weighted by Gasteiger charge is 2.14. The first-order valence-corrected chi connectivity index (χ1v) is 9.54. The van der Waals surface area contributed by atoms with Crippen molar-refractivity contribution in [3.63, 3.8) is 0 Å². The Morgan fingerprint density at radius 3 is 2.70 bits per heavy atom. The fraction of sp³-hybridized carbons (Fsp3) is 0.300. The standard InChI is InChI=1S/C20H23ClN4OS/c1-13-5-6-15(14(2)9-13)11-24(3)12-25-20(27)22-19(23-25)17-10-16(21)7-8-18(17)26-4/h5-10H,11-12H2,1-4H3,(H,22,23,27)/p+1. The minimum absolute atomic E-state index is 0.506. The predicted molar refractivity (Wildman–Crippen MR) is 111 cm³/mol. The van der Waals surface area contributed by atoms with Gasteiger partial charge in [0, 0.05) is 10.6 Å². The highest BCUT2D eigenvalue weighted by atomic mass is 35.5. The number of H-pyrrole nitrogens is 1. The van der Waals surface area contributed by atoms with Crippen molar-refractivity contribution in [3.8, 4) is 17.1 Å². The van der Waals surface area contributed by atoms with E-state index in [9.17, 15) is 0 Å². The molecule has 0 saturated heterocycles. The van der Waals surface area contributed by atoms with E-state index in [-0.39, 0.29) is 0 Å². The van der Waals surface area contributed by atoms with Crippen LogP contribution in [-0.4, -0.2) is 28.9 Å². The summed E-state index contributed by atoms with van der Waals surface area (Å²) in [5.74, 6) is 1.35. The highest BCUT2D eigenvalue weighted by molar-refractivity contribution is 7.71. The first kappa shape index (κ1) is 19.6. The molecule has 0 saturated carbocycles. The van der Waals surface area contributed by atoms with Crippen LogP contribution in [0.3, 0.4) is 0 Å². The van der Waals surface area contributed by atoms with E-state index in [0.717, 1.165) is 12.1 Å². The third-order valence-corrected chi connectivity index (χ3v) is 5.06. The van der Waals surface area contributed by atoms with Gasteiger partial charge in [-0.05, 0) is 49.8 Å². The van der Waals surface area contributed by atoms with Gasteiger partial charge in [0.15, 0.2) is 12.5 Å². The van der Waals surface area contributed by atoms with Gasteiger partial charge in [-0.1, -0.05) is 35.4 Å². The molecule has 3 rings (SSSR count). The molecule has 0 aliphatic carbocycles. The SMILES string of the molecule is COc1ccc(Cl)cc1-c1nc(=S)n(C[NH+](C)Cc2ccc(C)cc2C)[nH]1. The maximum absolute atomic E-state index is 6.14. The van der Waals surface area contributed by atoms with Crippen LogP contribution in [0.2, 0.25) is 5.02 Å². The van der Waals surface area contributed by atoms with E-state index in [4.69, 9.17) is 28.6 Å². The van der Waals surface area contributed by atoms with Gasteiger partial charge in [0.25, 0.3) is 0 Å². The molecule has 1 aromatic heterocycles. The molecule has 3 aromatic rings. The van der Waals surface area contributed by atoms with Crippen LogP contribution >= 0.6 is 23.8 Å². The molecule has 142 valence electrons. The monoisotopic (exact) mass is 403 g/mol. The Morgan fingerprint density at radius 1 is 1.22 bits per heavy atom. The van der Waals surface area contributed by atoms with Crippen molar-refractivity contribution in [1.82, 2.24) is 14.8 Å². The molecule has 1 heterocycles. The second kappa shape index (κ2) is 8.25. The molecule has 2 N–H and O–H groups in total. The Kier molecular flexibility index (Phi) is 5.99. The second-order valence-electron chi connectivity index (χ2n) is 6.85. The van der Waals surface area contributed by atoms with Crippen molar-refractivity contribution < 1.29 is 9.64 Å². The lowest BCUT2D eigenvalue weighted by Gasteiger charge is -2.16.